The highest BCUT2D eigenvalue weighted by Gasteiger charge is 2.31. The molecule has 0 saturated carbocycles. The quantitative estimate of drug-likeness (QED) is 0.162. The van der Waals surface area contributed by atoms with E-state index in [9.17, 15) is 0 Å². The minimum atomic E-state index is -0.0249. The third kappa shape index (κ3) is 5.21. The number of hydrogen-bond donors (Lipinski definition) is 0. The summed E-state index contributed by atoms with van der Waals surface area (Å²) in [6.07, 6.45) is 16.3. The standard InChI is InChI=1S/C54H38N2/c1-54-31-12-11-15-43(54)34-42(30-32-54)52-46-19-8-7-18-45(46)51(41-27-24-36-13-5-6-14-39(36)33-41)47-29-28-40(35-48(47)52)37-22-25-38(26-23-37)53-55-49-20-9-10-21-50(49)56(53)44-16-3-2-4-17-44/h2-35,43H,1H3. The van der Waals surface area contributed by atoms with Gasteiger partial charge in [-0.2, -0.15) is 0 Å². The first-order chi connectivity index (χ1) is 27.6. The van der Waals surface area contributed by atoms with Gasteiger partial charge < -0.3 is 0 Å². The van der Waals surface area contributed by atoms with Gasteiger partial charge in [0.1, 0.15) is 5.82 Å². The molecule has 264 valence electrons. The molecule has 0 N–H and O–H groups in total. The van der Waals surface area contributed by atoms with Gasteiger partial charge in [0, 0.05) is 22.6 Å². The smallest absolute Gasteiger partial charge is 0.145 e. The van der Waals surface area contributed by atoms with Gasteiger partial charge in [0.2, 0.25) is 0 Å². The molecular weight excluding hydrogens is 677 g/mol. The Hall–Kier alpha value is -7.03. The summed E-state index contributed by atoms with van der Waals surface area (Å²) in [5.74, 6) is 1.23. The lowest BCUT2D eigenvalue weighted by atomic mass is 9.69. The number of allylic oxidation sites excluding steroid dienone is 8. The van der Waals surface area contributed by atoms with Gasteiger partial charge in [0.25, 0.3) is 0 Å². The first-order valence-corrected chi connectivity index (χ1v) is 19.5. The third-order valence-electron chi connectivity index (χ3n) is 12.0. The van der Waals surface area contributed by atoms with Crippen LogP contribution in [0, 0.1) is 11.3 Å². The van der Waals surface area contributed by atoms with Gasteiger partial charge in [-0.3, -0.25) is 4.57 Å². The van der Waals surface area contributed by atoms with Crippen LogP contribution in [-0.4, -0.2) is 9.55 Å². The predicted octanol–water partition coefficient (Wildman–Crippen LogP) is 14.2. The monoisotopic (exact) mass is 714 g/mol. The normalized spacial score (nSPS) is 17.5. The number of nitrogens with zero attached hydrogens (tertiary/aromatic N) is 2. The Morgan fingerprint density at radius 3 is 2.05 bits per heavy atom. The highest BCUT2D eigenvalue weighted by molar-refractivity contribution is 6.20. The van der Waals surface area contributed by atoms with Crippen molar-refractivity contribution in [3.8, 4) is 39.3 Å². The van der Waals surface area contributed by atoms with Crippen LogP contribution in [0.15, 0.2) is 206 Å². The lowest BCUT2D eigenvalue weighted by Gasteiger charge is -2.34. The van der Waals surface area contributed by atoms with E-state index in [-0.39, 0.29) is 11.3 Å². The molecule has 0 bridgehead atoms. The van der Waals surface area contributed by atoms with E-state index < -0.39 is 0 Å². The summed E-state index contributed by atoms with van der Waals surface area (Å²) < 4.78 is 2.26. The van der Waals surface area contributed by atoms with Crippen LogP contribution in [0.5, 0.6) is 0 Å². The van der Waals surface area contributed by atoms with Crippen LogP contribution in [0.1, 0.15) is 12.5 Å². The van der Waals surface area contributed by atoms with Crippen molar-refractivity contribution in [2.24, 2.45) is 11.3 Å². The highest BCUT2D eigenvalue weighted by Crippen LogP contribution is 2.48. The molecule has 0 radical (unpaired) electrons. The van der Waals surface area contributed by atoms with E-state index in [2.05, 4.69) is 218 Å². The third-order valence-corrected chi connectivity index (χ3v) is 12.0. The first-order valence-electron chi connectivity index (χ1n) is 19.5. The highest BCUT2D eigenvalue weighted by atomic mass is 15.1. The maximum atomic E-state index is 5.13. The molecule has 0 fully saturated rings. The zero-order chi connectivity index (χ0) is 37.2. The summed E-state index contributed by atoms with van der Waals surface area (Å²) in [7, 11) is 0. The summed E-state index contributed by atoms with van der Waals surface area (Å²) in [6.45, 7) is 2.33. The topological polar surface area (TPSA) is 17.8 Å². The molecule has 9 aromatic rings. The van der Waals surface area contributed by atoms with E-state index in [1.807, 2.05) is 0 Å². The molecule has 8 aromatic carbocycles. The molecule has 2 nitrogen and oxygen atoms in total. The molecule has 11 rings (SSSR count). The summed E-state index contributed by atoms with van der Waals surface area (Å²) >= 11 is 0. The van der Waals surface area contributed by atoms with Crippen molar-refractivity contribution in [1.29, 1.82) is 0 Å². The van der Waals surface area contributed by atoms with E-state index in [1.54, 1.807) is 0 Å². The zero-order valence-electron chi connectivity index (χ0n) is 31.1. The van der Waals surface area contributed by atoms with Crippen LogP contribution in [0.25, 0.3) is 88.3 Å². The van der Waals surface area contributed by atoms with Gasteiger partial charge in [-0.15, -0.1) is 0 Å². The molecule has 2 aliphatic carbocycles. The Morgan fingerprint density at radius 1 is 0.518 bits per heavy atom. The van der Waals surface area contributed by atoms with Gasteiger partial charge in [-0.1, -0.05) is 177 Å². The van der Waals surface area contributed by atoms with Crippen molar-refractivity contribution in [3.05, 3.63) is 212 Å². The lowest BCUT2D eigenvalue weighted by molar-refractivity contribution is 0.454. The van der Waals surface area contributed by atoms with Crippen molar-refractivity contribution in [2.75, 3.05) is 0 Å². The van der Waals surface area contributed by atoms with Crippen molar-refractivity contribution in [1.82, 2.24) is 9.55 Å². The fraction of sp³-hybridized carbons (Fsp3) is 0.0556. The molecule has 0 saturated heterocycles. The Bertz CT molecular complexity index is 3140. The number of fused-ring (bicyclic) bond motifs is 5. The fourth-order valence-corrected chi connectivity index (χ4v) is 9.05. The molecule has 2 atom stereocenters. The van der Waals surface area contributed by atoms with Crippen molar-refractivity contribution < 1.29 is 0 Å². The molecule has 1 aromatic heterocycles. The largest absolute Gasteiger partial charge is 0.292 e. The summed E-state index contributed by atoms with van der Waals surface area (Å²) in [5.41, 5.74) is 11.7. The average molecular weight is 715 g/mol. The molecular formula is C54H38N2. The fourth-order valence-electron chi connectivity index (χ4n) is 9.05. The molecule has 56 heavy (non-hydrogen) atoms. The van der Waals surface area contributed by atoms with Crippen LogP contribution in [-0.2, 0) is 0 Å². The van der Waals surface area contributed by atoms with E-state index in [0.717, 1.165) is 28.1 Å². The molecule has 1 heterocycles. The van der Waals surface area contributed by atoms with Gasteiger partial charge in [0.15, 0.2) is 0 Å². The van der Waals surface area contributed by atoms with Crippen LogP contribution in [0.3, 0.4) is 0 Å². The molecule has 2 unspecified atom stereocenters. The number of aromatic nitrogens is 2. The van der Waals surface area contributed by atoms with Crippen LogP contribution < -0.4 is 0 Å². The number of benzene rings is 8. The lowest BCUT2D eigenvalue weighted by Crippen LogP contribution is -2.23. The first kappa shape index (κ1) is 32.4. The second kappa shape index (κ2) is 12.8. The van der Waals surface area contributed by atoms with Crippen LogP contribution in [0.4, 0.5) is 0 Å². The average Bonchev–Trinajstić information content (AvgIpc) is 3.65. The Labute approximate surface area is 326 Å². The molecule has 2 heteroatoms. The Morgan fingerprint density at radius 2 is 1.20 bits per heavy atom. The van der Waals surface area contributed by atoms with E-state index in [4.69, 9.17) is 4.98 Å². The second-order valence-corrected chi connectivity index (χ2v) is 15.4. The number of para-hydroxylation sites is 3. The Balaban J connectivity index is 1.11. The summed E-state index contributed by atoms with van der Waals surface area (Å²) in [5, 5.41) is 7.55. The molecule has 0 spiro atoms. The van der Waals surface area contributed by atoms with Crippen LogP contribution in [0.2, 0.25) is 0 Å². The van der Waals surface area contributed by atoms with Crippen LogP contribution >= 0.6 is 0 Å². The number of rotatable bonds is 5. The van der Waals surface area contributed by atoms with Gasteiger partial charge in [0.05, 0.1) is 11.0 Å². The number of hydrogen-bond acceptors (Lipinski definition) is 1. The summed E-state index contributed by atoms with van der Waals surface area (Å²) in [4.78, 5) is 5.13. The predicted molar refractivity (Wildman–Crippen MR) is 237 cm³/mol. The minimum absolute atomic E-state index is 0.0249. The van der Waals surface area contributed by atoms with Crippen molar-refractivity contribution in [2.45, 2.75) is 6.92 Å². The minimum Gasteiger partial charge on any atom is -0.292 e. The molecule has 2 aliphatic rings. The van der Waals surface area contributed by atoms with Crippen molar-refractivity contribution in [3.63, 3.8) is 0 Å². The van der Waals surface area contributed by atoms with E-state index >= 15 is 0 Å². The maximum Gasteiger partial charge on any atom is 0.145 e. The van der Waals surface area contributed by atoms with Gasteiger partial charge in [-0.25, -0.2) is 4.98 Å². The van der Waals surface area contributed by atoms with E-state index in [1.165, 1.54) is 65.7 Å². The van der Waals surface area contributed by atoms with Gasteiger partial charge in [-0.05, 0) is 102 Å². The molecule has 0 amide bonds. The Kier molecular flexibility index (Phi) is 7.40. The van der Waals surface area contributed by atoms with Crippen molar-refractivity contribution >= 4 is 48.9 Å². The second-order valence-electron chi connectivity index (χ2n) is 15.4. The van der Waals surface area contributed by atoms with E-state index in [0.29, 0.717) is 0 Å². The zero-order valence-corrected chi connectivity index (χ0v) is 31.1. The maximum absolute atomic E-state index is 5.13. The van der Waals surface area contributed by atoms with Gasteiger partial charge >= 0.3 is 0 Å². The SMILES string of the molecule is CC12C=CC=CC1C=C(c1c3ccccc3c(-c3ccc4ccccc4c3)c3ccc(-c4ccc(-c5nc6ccccc6n5-c5ccccc5)cc4)cc13)C=C2. The molecule has 0 aliphatic heterocycles. The summed E-state index contributed by atoms with van der Waals surface area (Å²) in [6, 6.07) is 59.5. The number of imidazole rings is 1.